The molecule has 1 aliphatic heterocycles. The lowest BCUT2D eigenvalue weighted by atomic mass is 10.0. The van der Waals surface area contributed by atoms with Crippen LogP contribution in [0, 0.1) is 0 Å². The number of methoxy groups -OCH3 is 1. The molecule has 8 heteroatoms. The van der Waals surface area contributed by atoms with Gasteiger partial charge in [0.05, 0.1) is 25.8 Å². The van der Waals surface area contributed by atoms with E-state index in [0.29, 0.717) is 13.0 Å². The zero-order valence-corrected chi connectivity index (χ0v) is 13.7. The molecule has 8 nitrogen and oxygen atoms in total. The number of carbonyl (C=O) groups is 2. The number of oxime groups is 1. The highest BCUT2D eigenvalue weighted by Crippen LogP contribution is 2.19. The first-order valence-corrected chi connectivity index (χ1v) is 7.57. The maximum absolute atomic E-state index is 11.8. The summed E-state index contributed by atoms with van der Waals surface area (Å²) in [6.07, 6.45) is 0.263. The Kier molecular flexibility index (Phi) is 6.00. The fourth-order valence-electron chi connectivity index (χ4n) is 2.19. The summed E-state index contributed by atoms with van der Waals surface area (Å²) in [5.41, 5.74) is 1.76. The van der Waals surface area contributed by atoms with E-state index in [4.69, 9.17) is 14.7 Å². The third-order valence-corrected chi connectivity index (χ3v) is 3.64. The first-order valence-electron chi connectivity index (χ1n) is 7.57. The first kappa shape index (κ1) is 17.6. The monoisotopic (exact) mass is 335 g/mol. The van der Waals surface area contributed by atoms with Crippen molar-refractivity contribution >= 4 is 17.7 Å². The number of carboxylic acids is 1. The molecule has 1 aromatic carbocycles. The predicted octanol–water partition coefficient (Wildman–Crippen LogP) is 1.30. The van der Waals surface area contributed by atoms with Crippen LogP contribution in [-0.4, -0.2) is 61.1 Å². The van der Waals surface area contributed by atoms with Crippen LogP contribution in [0.3, 0.4) is 0 Å². The topological polar surface area (TPSA) is 100 Å². The molecule has 1 aromatic rings. The van der Waals surface area contributed by atoms with E-state index >= 15 is 0 Å². The molecule has 0 saturated carbocycles. The van der Waals surface area contributed by atoms with Gasteiger partial charge in [0.2, 0.25) is 0 Å². The lowest BCUT2D eigenvalue weighted by Gasteiger charge is -2.18. The molecule has 0 saturated heterocycles. The Labute approximate surface area is 140 Å². The van der Waals surface area contributed by atoms with Gasteiger partial charge in [-0.25, -0.2) is 4.79 Å². The second-order valence-electron chi connectivity index (χ2n) is 5.45. The Morgan fingerprint density at radius 3 is 2.75 bits per heavy atom. The van der Waals surface area contributed by atoms with Crippen LogP contribution >= 0.6 is 0 Å². The van der Waals surface area contributed by atoms with Gasteiger partial charge in [-0.1, -0.05) is 5.16 Å². The minimum absolute atomic E-state index is 0.0887. The normalized spacial score (nSPS) is 16.1. The Bertz CT molecular complexity index is 615. The number of aliphatic carboxylic acids is 1. The van der Waals surface area contributed by atoms with Crippen LogP contribution in [0.25, 0.3) is 0 Å². The number of carboxylic acid groups (broad SMARTS) is 1. The molecule has 0 spiro atoms. The van der Waals surface area contributed by atoms with Crippen molar-refractivity contribution < 1.29 is 24.3 Å². The number of nitrogens with one attached hydrogen (secondary N) is 1. The van der Waals surface area contributed by atoms with Gasteiger partial charge >= 0.3 is 12.0 Å². The van der Waals surface area contributed by atoms with Crippen LogP contribution in [0.1, 0.15) is 18.4 Å². The first-order chi connectivity index (χ1) is 11.5. The number of rotatable bonds is 7. The van der Waals surface area contributed by atoms with E-state index in [1.165, 1.54) is 4.90 Å². The Morgan fingerprint density at radius 2 is 2.12 bits per heavy atom. The lowest BCUT2D eigenvalue weighted by molar-refractivity contribution is -0.137. The fourth-order valence-corrected chi connectivity index (χ4v) is 2.19. The summed E-state index contributed by atoms with van der Waals surface area (Å²) in [6.45, 7) is 0.458. The average molecular weight is 335 g/mol. The van der Waals surface area contributed by atoms with Gasteiger partial charge in [-0.05, 0) is 29.8 Å². The number of nitrogens with zero attached hydrogens (tertiary/aromatic N) is 2. The molecule has 0 aliphatic carbocycles. The van der Waals surface area contributed by atoms with E-state index < -0.39 is 5.97 Å². The summed E-state index contributed by atoms with van der Waals surface area (Å²) in [6, 6.07) is 7.18. The summed E-state index contributed by atoms with van der Waals surface area (Å²) < 4.78 is 5.11. The van der Waals surface area contributed by atoms with Crippen molar-refractivity contribution in [2.24, 2.45) is 5.16 Å². The zero-order valence-electron chi connectivity index (χ0n) is 13.7. The Hall–Kier alpha value is -2.77. The minimum atomic E-state index is -0.939. The minimum Gasteiger partial charge on any atom is -0.497 e. The van der Waals surface area contributed by atoms with E-state index in [2.05, 4.69) is 10.5 Å². The van der Waals surface area contributed by atoms with Crippen LogP contribution in [-0.2, 0) is 9.63 Å². The summed E-state index contributed by atoms with van der Waals surface area (Å²) >= 11 is 0. The largest absolute Gasteiger partial charge is 0.497 e. The molecule has 0 bridgehead atoms. The van der Waals surface area contributed by atoms with Crippen molar-refractivity contribution in [3.05, 3.63) is 29.8 Å². The van der Waals surface area contributed by atoms with Crippen LogP contribution in [0.2, 0.25) is 0 Å². The van der Waals surface area contributed by atoms with Gasteiger partial charge in [-0.2, -0.15) is 0 Å². The van der Waals surface area contributed by atoms with Gasteiger partial charge in [0.1, 0.15) is 5.75 Å². The van der Waals surface area contributed by atoms with Crippen molar-refractivity contribution in [1.29, 1.82) is 0 Å². The molecule has 2 N–H and O–H groups in total. The van der Waals surface area contributed by atoms with Gasteiger partial charge in [-0.15, -0.1) is 0 Å². The van der Waals surface area contributed by atoms with Crippen molar-refractivity contribution in [2.45, 2.75) is 18.9 Å². The molecule has 2 rings (SSSR count). The van der Waals surface area contributed by atoms with Crippen LogP contribution in [0.5, 0.6) is 5.75 Å². The maximum atomic E-state index is 11.8. The van der Waals surface area contributed by atoms with Crippen molar-refractivity contribution in [2.75, 3.05) is 27.2 Å². The molecule has 2 amide bonds. The predicted molar refractivity (Wildman–Crippen MR) is 87.3 cm³/mol. The molecule has 0 fully saturated rings. The summed E-state index contributed by atoms with van der Waals surface area (Å²) in [5, 5.41) is 15.4. The van der Waals surface area contributed by atoms with Crippen LogP contribution in [0.15, 0.2) is 29.4 Å². The molecule has 0 aromatic heterocycles. The maximum Gasteiger partial charge on any atom is 0.317 e. The summed E-state index contributed by atoms with van der Waals surface area (Å²) in [7, 11) is 3.16. The molecule has 1 heterocycles. The molecule has 1 atom stereocenters. The highest BCUT2D eigenvalue weighted by Gasteiger charge is 2.23. The number of hydrogen-bond donors (Lipinski definition) is 2. The van der Waals surface area contributed by atoms with E-state index in [9.17, 15) is 9.59 Å². The molecular weight excluding hydrogens is 314 g/mol. The summed E-state index contributed by atoms with van der Waals surface area (Å²) in [5.74, 6) is -0.169. The standard InChI is InChI=1S/C16H21N3O5/c1-19(8-7-15(20)21)16(22)17-10-13-9-14(18-24-13)11-3-5-12(23-2)6-4-11/h3-6,13H,7-10H2,1-2H3,(H,17,22)(H,20,21). The van der Waals surface area contributed by atoms with E-state index in [-0.39, 0.29) is 25.1 Å². The number of urea groups is 1. The second-order valence-corrected chi connectivity index (χ2v) is 5.45. The lowest BCUT2D eigenvalue weighted by Crippen LogP contribution is -2.41. The quantitative estimate of drug-likeness (QED) is 0.782. The Morgan fingerprint density at radius 1 is 1.42 bits per heavy atom. The average Bonchev–Trinajstić information content (AvgIpc) is 3.06. The van der Waals surface area contributed by atoms with Crippen molar-refractivity contribution in [3.8, 4) is 5.75 Å². The SMILES string of the molecule is COc1ccc(C2=NOC(CNC(=O)N(C)CCC(=O)O)C2)cc1. The fraction of sp³-hybridized carbons (Fsp3) is 0.438. The molecule has 1 aliphatic rings. The highest BCUT2D eigenvalue weighted by molar-refractivity contribution is 6.01. The van der Waals surface area contributed by atoms with E-state index in [0.717, 1.165) is 17.0 Å². The number of hydrogen-bond acceptors (Lipinski definition) is 5. The third-order valence-electron chi connectivity index (χ3n) is 3.64. The molecular formula is C16H21N3O5. The number of benzene rings is 1. The molecule has 1 unspecified atom stereocenters. The van der Waals surface area contributed by atoms with Crippen molar-refractivity contribution in [1.82, 2.24) is 10.2 Å². The molecule has 0 radical (unpaired) electrons. The number of amides is 2. The zero-order chi connectivity index (χ0) is 17.5. The van der Waals surface area contributed by atoms with Gasteiger partial charge in [-0.3, -0.25) is 4.79 Å². The molecule has 24 heavy (non-hydrogen) atoms. The van der Waals surface area contributed by atoms with Crippen LogP contribution in [0.4, 0.5) is 4.79 Å². The number of carbonyl (C=O) groups excluding carboxylic acids is 1. The third kappa shape index (κ3) is 4.87. The molecule has 130 valence electrons. The summed E-state index contributed by atoms with van der Waals surface area (Å²) in [4.78, 5) is 29.0. The second kappa shape index (κ2) is 8.19. The van der Waals surface area contributed by atoms with Crippen molar-refractivity contribution in [3.63, 3.8) is 0 Å². The van der Waals surface area contributed by atoms with Gasteiger partial charge in [0.15, 0.2) is 6.10 Å². The highest BCUT2D eigenvalue weighted by atomic mass is 16.6. The number of ether oxygens (including phenoxy) is 1. The van der Waals surface area contributed by atoms with Gasteiger partial charge in [0.25, 0.3) is 0 Å². The van der Waals surface area contributed by atoms with Gasteiger partial charge < -0.3 is 24.9 Å². The van der Waals surface area contributed by atoms with Crippen LogP contribution < -0.4 is 10.1 Å². The Balaban J connectivity index is 1.76. The van der Waals surface area contributed by atoms with Gasteiger partial charge in [0, 0.05) is 20.0 Å². The van der Waals surface area contributed by atoms with E-state index in [1.54, 1.807) is 14.2 Å². The smallest absolute Gasteiger partial charge is 0.317 e. The van der Waals surface area contributed by atoms with E-state index in [1.807, 2.05) is 24.3 Å².